The minimum Gasteiger partial charge on any atom is -0.547 e. The lowest BCUT2D eigenvalue weighted by Crippen LogP contribution is -2.40. The molecule has 0 N–H and O–H groups in total. The molecule has 1 rings (SSSR count). The second kappa shape index (κ2) is 7.52. The first-order valence-electron chi connectivity index (χ1n) is 8.21. The maximum absolute atomic E-state index is 6.52. The number of allylic oxidation sites excluding steroid dienone is 2. The molecule has 0 radical (unpaired) electrons. The normalized spacial score (nSPS) is 20.4. The molecule has 1 nitrogen and oxygen atoms in total. The summed E-state index contributed by atoms with van der Waals surface area (Å²) in [5.74, 6) is 1.30. The van der Waals surface area contributed by atoms with Gasteiger partial charge in [0.1, 0.15) is 0 Å². The van der Waals surface area contributed by atoms with Crippen molar-refractivity contribution in [1.29, 1.82) is 0 Å². The molecule has 0 spiro atoms. The Morgan fingerprint density at radius 2 is 1.42 bits per heavy atom. The molecule has 2 heteroatoms. The maximum atomic E-state index is 6.52. The topological polar surface area (TPSA) is 9.23 Å². The van der Waals surface area contributed by atoms with Crippen LogP contribution in [-0.2, 0) is 4.43 Å². The van der Waals surface area contributed by atoms with Gasteiger partial charge in [0, 0.05) is 6.42 Å². The Labute approximate surface area is 122 Å². The Morgan fingerprint density at radius 3 is 2.00 bits per heavy atom. The summed E-state index contributed by atoms with van der Waals surface area (Å²) in [7, 11) is -1.64. The maximum Gasteiger partial charge on any atom is 0.250 e. The highest BCUT2D eigenvalue weighted by molar-refractivity contribution is 6.74. The third-order valence-electron chi connectivity index (χ3n) is 4.69. The summed E-state index contributed by atoms with van der Waals surface area (Å²) in [6.07, 6.45) is 14.4. The Kier molecular flexibility index (Phi) is 6.65. The quantitative estimate of drug-likeness (QED) is 0.531. The van der Waals surface area contributed by atoms with E-state index in [1.807, 2.05) is 0 Å². The average molecular weight is 283 g/mol. The minimum absolute atomic E-state index is 0.306. The average Bonchev–Trinajstić information content (AvgIpc) is 2.33. The zero-order valence-electron chi connectivity index (χ0n) is 13.8. The molecule has 0 unspecified atom stereocenters. The highest BCUT2D eigenvalue weighted by atomic mass is 28.4. The lowest BCUT2D eigenvalue weighted by Gasteiger charge is -2.37. The first kappa shape index (κ1) is 16.8. The molecule has 0 aromatic carbocycles. The second-order valence-corrected chi connectivity index (χ2v) is 12.3. The van der Waals surface area contributed by atoms with Crippen LogP contribution >= 0.6 is 0 Å². The monoisotopic (exact) mass is 282 g/mol. The fourth-order valence-electron chi connectivity index (χ4n) is 2.27. The van der Waals surface area contributed by atoms with Gasteiger partial charge in [-0.25, -0.2) is 0 Å². The van der Waals surface area contributed by atoms with E-state index in [1.165, 1.54) is 57.1 Å². The molecular formula is C17H34OSi. The predicted octanol–water partition coefficient (Wildman–Crippen LogP) is 6.42. The minimum atomic E-state index is -1.64. The van der Waals surface area contributed by atoms with E-state index in [2.05, 4.69) is 39.9 Å². The van der Waals surface area contributed by atoms with Crippen molar-refractivity contribution in [2.24, 2.45) is 0 Å². The van der Waals surface area contributed by atoms with Gasteiger partial charge in [0.15, 0.2) is 0 Å². The zero-order chi connectivity index (χ0) is 14.4. The van der Waals surface area contributed by atoms with Crippen LogP contribution in [0.5, 0.6) is 0 Å². The molecule has 0 fully saturated rings. The van der Waals surface area contributed by atoms with Gasteiger partial charge in [-0.05, 0) is 43.5 Å². The van der Waals surface area contributed by atoms with Gasteiger partial charge in [-0.15, -0.1) is 0 Å². The Balaban J connectivity index is 2.63. The Bertz CT molecular complexity index is 286. The highest BCUT2D eigenvalue weighted by Crippen LogP contribution is 2.38. The predicted molar refractivity (Wildman–Crippen MR) is 87.9 cm³/mol. The van der Waals surface area contributed by atoms with Crippen LogP contribution in [0.1, 0.15) is 78.6 Å². The summed E-state index contributed by atoms with van der Waals surface area (Å²) in [6, 6.07) is 0. The summed E-state index contributed by atoms with van der Waals surface area (Å²) in [5, 5.41) is 0.306. The smallest absolute Gasteiger partial charge is 0.250 e. The molecule has 0 aromatic heterocycles. The van der Waals surface area contributed by atoms with Gasteiger partial charge < -0.3 is 4.43 Å². The van der Waals surface area contributed by atoms with E-state index in [0.29, 0.717) is 5.04 Å². The molecule has 0 bridgehead atoms. The molecule has 1 aliphatic rings. The molecular weight excluding hydrogens is 248 g/mol. The summed E-state index contributed by atoms with van der Waals surface area (Å²) < 4.78 is 6.52. The van der Waals surface area contributed by atoms with Crippen molar-refractivity contribution in [2.75, 3.05) is 0 Å². The summed E-state index contributed by atoms with van der Waals surface area (Å²) in [5.41, 5.74) is 0. The van der Waals surface area contributed by atoms with E-state index >= 15 is 0 Å². The van der Waals surface area contributed by atoms with E-state index in [0.717, 1.165) is 6.42 Å². The van der Waals surface area contributed by atoms with Crippen LogP contribution in [-0.4, -0.2) is 8.32 Å². The summed E-state index contributed by atoms with van der Waals surface area (Å²) in [6.45, 7) is 11.7. The van der Waals surface area contributed by atoms with Crippen molar-refractivity contribution in [1.82, 2.24) is 0 Å². The molecule has 0 saturated carbocycles. The van der Waals surface area contributed by atoms with Crippen LogP contribution in [0.3, 0.4) is 0 Å². The molecule has 0 heterocycles. The van der Waals surface area contributed by atoms with E-state index in [9.17, 15) is 0 Å². The Morgan fingerprint density at radius 1 is 0.895 bits per heavy atom. The lowest BCUT2D eigenvalue weighted by atomic mass is 10.1. The summed E-state index contributed by atoms with van der Waals surface area (Å²) >= 11 is 0. The molecule has 19 heavy (non-hydrogen) atoms. The van der Waals surface area contributed by atoms with Crippen LogP contribution in [0.4, 0.5) is 0 Å². The van der Waals surface area contributed by atoms with Gasteiger partial charge in [0.25, 0.3) is 0 Å². The molecule has 0 atom stereocenters. The standard InChI is InChI=1S/C17H34OSi/c1-17(2,3)19(4,5)18-16-14-12-10-8-6-7-9-11-13-15-16/h14H,6-13,15H2,1-5H3. The van der Waals surface area contributed by atoms with Crippen LogP contribution in [0, 0.1) is 0 Å². The lowest BCUT2D eigenvalue weighted by molar-refractivity contribution is 0.359. The van der Waals surface area contributed by atoms with Gasteiger partial charge in [0.2, 0.25) is 8.32 Å². The van der Waals surface area contributed by atoms with E-state index in [4.69, 9.17) is 4.43 Å². The van der Waals surface area contributed by atoms with Crippen LogP contribution in [0.15, 0.2) is 11.8 Å². The highest BCUT2D eigenvalue weighted by Gasteiger charge is 2.39. The zero-order valence-corrected chi connectivity index (χ0v) is 14.8. The largest absolute Gasteiger partial charge is 0.547 e. The van der Waals surface area contributed by atoms with Crippen molar-refractivity contribution in [3.63, 3.8) is 0 Å². The molecule has 1 aliphatic carbocycles. The van der Waals surface area contributed by atoms with Crippen molar-refractivity contribution in [3.05, 3.63) is 11.8 Å². The van der Waals surface area contributed by atoms with Gasteiger partial charge >= 0.3 is 0 Å². The van der Waals surface area contributed by atoms with Crippen LogP contribution in [0.25, 0.3) is 0 Å². The van der Waals surface area contributed by atoms with E-state index in [-0.39, 0.29) is 0 Å². The molecule has 0 aliphatic heterocycles. The van der Waals surface area contributed by atoms with E-state index < -0.39 is 8.32 Å². The van der Waals surface area contributed by atoms with Crippen LogP contribution < -0.4 is 0 Å². The fraction of sp³-hybridized carbons (Fsp3) is 0.882. The third kappa shape index (κ3) is 6.16. The first-order valence-corrected chi connectivity index (χ1v) is 11.1. The fourth-order valence-corrected chi connectivity index (χ4v) is 3.41. The van der Waals surface area contributed by atoms with Gasteiger partial charge in [-0.3, -0.25) is 0 Å². The third-order valence-corrected chi connectivity index (χ3v) is 9.08. The SMILES string of the molecule is CC(C)(C)[Si](C)(C)OC1=CCCCCCCCCC1. The van der Waals surface area contributed by atoms with Gasteiger partial charge in [0.05, 0.1) is 5.76 Å². The van der Waals surface area contributed by atoms with Crippen molar-refractivity contribution in [3.8, 4) is 0 Å². The number of hydrogen-bond acceptors (Lipinski definition) is 1. The first-order chi connectivity index (χ1) is 8.83. The second-order valence-electron chi connectivity index (χ2n) is 7.55. The van der Waals surface area contributed by atoms with Crippen molar-refractivity contribution in [2.45, 2.75) is 96.7 Å². The molecule has 0 amide bonds. The number of rotatable bonds is 2. The van der Waals surface area contributed by atoms with Crippen molar-refractivity contribution < 1.29 is 4.43 Å². The molecule has 112 valence electrons. The molecule has 0 aromatic rings. The number of hydrogen-bond donors (Lipinski definition) is 0. The van der Waals surface area contributed by atoms with Gasteiger partial charge in [-0.1, -0.05) is 52.9 Å². The Hall–Kier alpha value is -0.243. The van der Waals surface area contributed by atoms with Crippen molar-refractivity contribution >= 4 is 8.32 Å². The molecule has 0 saturated heterocycles. The van der Waals surface area contributed by atoms with Crippen LogP contribution in [0.2, 0.25) is 18.1 Å². The summed E-state index contributed by atoms with van der Waals surface area (Å²) in [4.78, 5) is 0. The van der Waals surface area contributed by atoms with E-state index in [1.54, 1.807) is 0 Å². The van der Waals surface area contributed by atoms with Gasteiger partial charge in [-0.2, -0.15) is 0 Å².